The van der Waals surface area contributed by atoms with E-state index in [1.165, 1.54) is 11.1 Å². The molecule has 1 aliphatic heterocycles. The molecule has 31 heavy (non-hydrogen) atoms. The van der Waals surface area contributed by atoms with Crippen LogP contribution in [-0.4, -0.2) is 39.1 Å². The highest BCUT2D eigenvalue weighted by Gasteiger charge is 2.20. The van der Waals surface area contributed by atoms with E-state index < -0.39 is 0 Å². The number of nitrogens with two attached hydrogens (primary N) is 1. The number of para-hydroxylation sites is 1. The first-order chi connectivity index (χ1) is 15.1. The lowest BCUT2D eigenvalue weighted by atomic mass is 10.1. The number of amides is 1. The van der Waals surface area contributed by atoms with E-state index in [1.807, 2.05) is 51.9 Å². The molecule has 0 saturated heterocycles. The van der Waals surface area contributed by atoms with E-state index in [1.54, 1.807) is 13.3 Å². The third-order valence-electron chi connectivity index (χ3n) is 5.41. The lowest BCUT2D eigenvalue weighted by molar-refractivity contribution is -0.119. The van der Waals surface area contributed by atoms with E-state index in [9.17, 15) is 4.79 Å². The molecule has 4 aromatic rings. The van der Waals surface area contributed by atoms with Gasteiger partial charge in [-0.3, -0.25) is 9.69 Å². The highest BCUT2D eigenvalue weighted by molar-refractivity contribution is 5.76. The third-order valence-corrected chi connectivity index (χ3v) is 5.41. The summed E-state index contributed by atoms with van der Waals surface area (Å²) in [5.41, 5.74) is 11.4. The van der Waals surface area contributed by atoms with Crippen LogP contribution in [0.2, 0.25) is 0 Å². The summed E-state index contributed by atoms with van der Waals surface area (Å²) in [4.78, 5) is 17.7. The number of hydrogen-bond donors (Lipinski definition) is 2. The Labute approximate surface area is 179 Å². The zero-order valence-corrected chi connectivity index (χ0v) is 17.1. The summed E-state index contributed by atoms with van der Waals surface area (Å²) in [7, 11) is 1.66. The van der Waals surface area contributed by atoms with Crippen molar-refractivity contribution < 1.29 is 9.53 Å². The number of carbonyl (C=O) groups excluding carboxylic acids is 1. The van der Waals surface area contributed by atoms with Gasteiger partial charge in [0, 0.05) is 24.3 Å². The Morgan fingerprint density at radius 1 is 1.13 bits per heavy atom. The topological polar surface area (TPSA) is 97.8 Å². The highest BCUT2D eigenvalue weighted by Crippen LogP contribution is 2.31. The molecule has 0 unspecified atom stereocenters. The fraction of sp³-hybridized carbons (Fsp3) is 0.174. The molecule has 0 aliphatic carbocycles. The molecule has 3 N–H and O–H groups in total. The van der Waals surface area contributed by atoms with Crippen molar-refractivity contribution in [3.05, 3.63) is 71.9 Å². The van der Waals surface area contributed by atoms with E-state index in [0.717, 1.165) is 34.8 Å². The van der Waals surface area contributed by atoms with Crippen molar-refractivity contribution in [3.8, 4) is 17.0 Å². The predicted octanol–water partition coefficient (Wildman–Crippen LogP) is 2.95. The number of primary amides is 1. The Kier molecular flexibility index (Phi) is 4.76. The summed E-state index contributed by atoms with van der Waals surface area (Å²) in [5.74, 6) is 0.965. The molecule has 8 heteroatoms. The molecule has 2 aromatic carbocycles. The molecule has 0 radical (unpaired) electrons. The normalized spacial score (nSPS) is 13.3. The predicted molar refractivity (Wildman–Crippen MR) is 118 cm³/mol. The van der Waals surface area contributed by atoms with E-state index >= 15 is 0 Å². The molecule has 1 amide bonds. The van der Waals surface area contributed by atoms with Gasteiger partial charge in [-0.1, -0.05) is 18.2 Å². The molecule has 0 bridgehead atoms. The molecule has 2 aromatic heterocycles. The lowest BCUT2D eigenvalue weighted by Crippen LogP contribution is -2.29. The Bertz CT molecular complexity index is 1280. The second-order valence-corrected chi connectivity index (χ2v) is 7.56. The largest absolute Gasteiger partial charge is 0.496 e. The van der Waals surface area contributed by atoms with Crippen molar-refractivity contribution in [2.75, 3.05) is 19.0 Å². The van der Waals surface area contributed by atoms with Crippen LogP contribution in [-0.2, 0) is 17.9 Å². The number of benzene rings is 2. The highest BCUT2D eigenvalue weighted by atomic mass is 16.5. The summed E-state index contributed by atoms with van der Waals surface area (Å²) >= 11 is 0. The van der Waals surface area contributed by atoms with Crippen LogP contribution in [0.4, 0.5) is 11.6 Å². The number of nitrogens with one attached hydrogen (secondary N) is 1. The van der Waals surface area contributed by atoms with Gasteiger partial charge in [0.2, 0.25) is 11.9 Å². The zero-order valence-electron chi connectivity index (χ0n) is 17.1. The minimum absolute atomic E-state index is 0.260. The van der Waals surface area contributed by atoms with Gasteiger partial charge in [0.15, 0.2) is 0 Å². The molecule has 156 valence electrons. The summed E-state index contributed by atoms with van der Waals surface area (Å²) in [6.07, 6.45) is 1.79. The van der Waals surface area contributed by atoms with E-state index in [0.29, 0.717) is 12.5 Å². The third kappa shape index (κ3) is 3.69. The maximum Gasteiger partial charge on any atom is 0.245 e. The standard InChI is InChI=1S/C23H22N6O2/c1-31-21-5-3-2-4-19(21)20-9-8-18-11-25-23(27-29(18)20)26-17-7-6-15-12-28(14-22(24)30)13-16(15)10-17/h2-11H,12-14H2,1H3,(H2,24,30)(H,26,27). The zero-order chi connectivity index (χ0) is 21.4. The first kappa shape index (κ1) is 19.1. The average molecular weight is 414 g/mol. The van der Waals surface area contributed by atoms with E-state index in [-0.39, 0.29) is 12.5 Å². The Hall–Kier alpha value is -3.91. The van der Waals surface area contributed by atoms with Gasteiger partial charge < -0.3 is 15.8 Å². The van der Waals surface area contributed by atoms with Crippen molar-refractivity contribution in [2.45, 2.75) is 13.1 Å². The molecule has 8 nitrogen and oxygen atoms in total. The summed E-state index contributed by atoms with van der Waals surface area (Å²) in [5, 5.41) is 7.99. The van der Waals surface area contributed by atoms with E-state index in [2.05, 4.69) is 22.4 Å². The van der Waals surface area contributed by atoms with Crippen LogP contribution in [0.15, 0.2) is 60.8 Å². The molecule has 3 heterocycles. The van der Waals surface area contributed by atoms with Crippen LogP contribution in [0.5, 0.6) is 5.75 Å². The molecular formula is C23H22N6O2. The van der Waals surface area contributed by atoms with Crippen LogP contribution in [0.3, 0.4) is 0 Å². The molecule has 0 saturated carbocycles. The van der Waals surface area contributed by atoms with Gasteiger partial charge in [-0.15, -0.1) is 5.10 Å². The molecule has 5 rings (SSSR count). The van der Waals surface area contributed by atoms with Gasteiger partial charge in [0.05, 0.1) is 31.1 Å². The summed E-state index contributed by atoms with van der Waals surface area (Å²) < 4.78 is 7.37. The second kappa shape index (κ2) is 7.73. The van der Waals surface area contributed by atoms with Crippen LogP contribution in [0.1, 0.15) is 11.1 Å². The van der Waals surface area contributed by atoms with Crippen molar-refractivity contribution >= 4 is 23.1 Å². The summed E-state index contributed by atoms with van der Waals surface area (Å²) in [6, 6.07) is 18.0. The number of methoxy groups -OCH3 is 1. The Morgan fingerprint density at radius 3 is 2.81 bits per heavy atom. The van der Waals surface area contributed by atoms with Crippen LogP contribution < -0.4 is 15.8 Å². The summed E-state index contributed by atoms with van der Waals surface area (Å²) in [6.45, 7) is 1.69. The van der Waals surface area contributed by atoms with Crippen molar-refractivity contribution in [2.24, 2.45) is 5.73 Å². The number of carbonyl (C=O) groups is 1. The number of anilines is 2. The van der Waals surface area contributed by atoms with Crippen LogP contribution >= 0.6 is 0 Å². The Balaban J connectivity index is 1.43. The maximum absolute atomic E-state index is 11.2. The fourth-order valence-corrected chi connectivity index (χ4v) is 4.02. The van der Waals surface area contributed by atoms with Crippen LogP contribution in [0.25, 0.3) is 16.8 Å². The second-order valence-electron chi connectivity index (χ2n) is 7.56. The van der Waals surface area contributed by atoms with Crippen molar-refractivity contribution in [1.29, 1.82) is 0 Å². The SMILES string of the molecule is COc1ccccc1-c1ccc2cnc(Nc3ccc4c(c3)CN(CC(N)=O)C4)nn12. The quantitative estimate of drug-likeness (QED) is 0.503. The fourth-order valence-electron chi connectivity index (χ4n) is 4.02. The number of aromatic nitrogens is 3. The van der Waals surface area contributed by atoms with Gasteiger partial charge in [-0.2, -0.15) is 0 Å². The first-order valence-corrected chi connectivity index (χ1v) is 9.98. The molecule has 0 spiro atoms. The van der Waals surface area contributed by atoms with E-state index in [4.69, 9.17) is 15.6 Å². The minimum atomic E-state index is -0.314. The number of hydrogen-bond acceptors (Lipinski definition) is 6. The van der Waals surface area contributed by atoms with Gasteiger partial charge in [0.25, 0.3) is 0 Å². The van der Waals surface area contributed by atoms with Crippen molar-refractivity contribution in [1.82, 2.24) is 19.5 Å². The van der Waals surface area contributed by atoms with Crippen LogP contribution in [0, 0.1) is 0 Å². The number of ether oxygens (including phenoxy) is 1. The molecule has 0 atom stereocenters. The van der Waals surface area contributed by atoms with Crippen molar-refractivity contribution in [3.63, 3.8) is 0 Å². The molecule has 0 fully saturated rings. The molecular weight excluding hydrogens is 392 g/mol. The average Bonchev–Trinajstić information content (AvgIpc) is 3.36. The Morgan fingerprint density at radius 2 is 1.97 bits per heavy atom. The van der Waals surface area contributed by atoms with Gasteiger partial charge in [-0.05, 0) is 47.5 Å². The monoisotopic (exact) mass is 414 g/mol. The number of fused-ring (bicyclic) bond motifs is 2. The number of rotatable bonds is 6. The minimum Gasteiger partial charge on any atom is -0.496 e. The van der Waals surface area contributed by atoms with Gasteiger partial charge in [0.1, 0.15) is 5.75 Å². The smallest absolute Gasteiger partial charge is 0.245 e. The maximum atomic E-state index is 11.2. The number of nitrogens with zero attached hydrogens (tertiary/aromatic N) is 4. The first-order valence-electron chi connectivity index (χ1n) is 9.98. The molecule has 1 aliphatic rings. The van der Waals surface area contributed by atoms with Gasteiger partial charge >= 0.3 is 0 Å². The van der Waals surface area contributed by atoms with Gasteiger partial charge in [-0.25, -0.2) is 9.50 Å². The lowest BCUT2D eigenvalue weighted by Gasteiger charge is -2.11.